The molecule has 18 heavy (non-hydrogen) atoms. The Balaban J connectivity index is 2.37. The van der Waals surface area contributed by atoms with Crippen molar-refractivity contribution in [1.82, 2.24) is 9.97 Å². The van der Waals surface area contributed by atoms with E-state index in [1.807, 2.05) is 0 Å². The second-order valence-corrected chi connectivity index (χ2v) is 4.71. The van der Waals surface area contributed by atoms with Gasteiger partial charge in [0, 0.05) is 26.3 Å². The molecule has 0 amide bonds. The van der Waals surface area contributed by atoms with Crippen LogP contribution < -0.4 is 5.32 Å². The first-order valence-corrected chi connectivity index (χ1v) is 6.33. The van der Waals surface area contributed by atoms with Gasteiger partial charge in [-0.25, -0.2) is 9.97 Å². The van der Waals surface area contributed by atoms with Crippen molar-refractivity contribution in [3.63, 3.8) is 0 Å². The van der Waals surface area contributed by atoms with Gasteiger partial charge < -0.3 is 14.8 Å². The molecule has 0 saturated carbocycles. The number of nitrogens with one attached hydrogen (secondary N) is 1. The van der Waals surface area contributed by atoms with Crippen molar-refractivity contribution in [2.45, 2.75) is 20.5 Å². The van der Waals surface area contributed by atoms with Crippen LogP contribution in [0.2, 0.25) is 5.15 Å². The zero-order valence-corrected chi connectivity index (χ0v) is 11.8. The Morgan fingerprint density at radius 3 is 2.83 bits per heavy atom. The molecule has 0 radical (unpaired) electrons. The molecular formula is C12H20ClN3O2. The first kappa shape index (κ1) is 15.1. The molecule has 0 bridgehead atoms. The number of nitrogens with zero attached hydrogens (tertiary/aromatic N) is 2. The molecule has 1 rings (SSSR count). The second-order valence-electron chi connectivity index (χ2n) is 4.32. The highest BCUT2D eigenvalue weighted by atomic mass is 35.5. The van der Waals surface area contributed by atoms with Crippen molar-refractivity contribution in [1.29, 1.82) is 0 Å². The molecule has 0 saturated heterocycles. The van der Waals surface area contributed by atoms with E-state index < -0.39 is 0 Å². The van der Waals surface area contributed by atoms with Crippen molar-refractivity contribution >= 4 is 17.4 Å². The quantitative estimate of drug-likeness (QED) is 0.582. The lowest BCUT2D eigenvalue weighted by Gasteiger charge is -2.09. The van der Waals surface area contributed by atoms with Crippen LogP contribution >= 0.6 is 11.6 Å². The summed E-state index contributed by atoms with van der Waals surface area (Å²) in [6.07, 6.45) is 0. The Morgan fingerprint density at radius 2 is 2.17 bits per heavy atom. The molecule has 0 unspecified atom stereocenters. The Bertz CT molecular complexity index is 361. The number of hydrogen-bond donors (Lipinski definition) is 1. The maximum absolute atomic E-state index is 5.89. The molecule has 6 heteroatoms. The lowest BCUT2D eigenvalue weighted by Crippen LogP contribution is -2.13. The maximum Gasteiger partial charge on any atom is 0.158 e. The van der Waals surface area contributed by atoms with Gasteiger partial charge in [0.05, 0.1) is 6.61 Å². The molecule has 0 fully saturated rings. The highest BCUT2D eigenvalue weighted by molar-refractivity contribution is 6.29. The molecule has 1 N–H and O–H groups in total. The molecule has 0 atom stereocenters. The number of ether oxygens (including phenoxy) is 2. The van der Waals surface area contributed by atoms with Gasteiger partial charge in [-0.2, -0.15) is 0 Å². The number of hydrogen-bond acceptors (Lipinski definition) is 5. The third-order valence-electron chi connectivity index (χ3n) is 2.02. The first-order valence-electron chi connectivity index (χ1n) is 5.96. The Labute approximate surface area is 113 Å². The van der Waals surface area contributed by atoms with Gasteiger partial charge >= 0.3 is 0 Å². The van der Waals surface area contributed by atoms with Crippen LogP contribution in [0.1, 0.15) is 19.7 Å². The van der Waals surface area contributed by atoms with E-state index in [1.54, 1.807) is 13.2 Å². The summed E-state index contributed by atoms with van der Waals surface area (Å²) in [5, 5.41) is 3.55. The summed E-state index contributed by atoms with van der Waals surface area (Å²) in [5.74, 6) is 1.80. The zero-order chi connectivity index (χ0) is 13.4. The normalized spacial score (nSPS) is 10.9. The van der Waals surface area contributed by atoms with Gasteiger partial charge in [-0.1, -0.05) is 25.4 Å². The molecule has 1 aromatic heterocycles. The average molecular weight is 274 g/mol. The predicted molar refractivity (Wildman–Crippen MR) is 71.9 cm³/mol. The monoisotopic (exact) mass is 273 g/mol. The van der Waals surface area contributed by atoms with Gasteiger partial charge in [-0.15, -0.1) is 0 Å². The van der Waals surface area contributed by atoms with Gasteiger partial charge in [0.1, 0.15) is 17.6 Å². The zero-order valence-electron chi connectivity index (χ0n) is 11.1. The van der Waals surface area contributed by atoms with Crippen LogP contribution in [-0.2, 0) is 16.1 Å². The summed E-state index contributed by atoms with van der Waals surface area (Å²) in [7, 11) is 1.59. The number of rotatable bonds is 8. The highest BCUT2D eigenvalue weighted by Gasteiger charge is 2.02. The van der Waals surface area contributed by atoms with Gasteiger partial charge in [-0.05, 0) is 5.92 Å². The topological polar surface area (TPSA) is 56.3 Å². The van der Waals surface area contributed by atoms with Gasteiger partial charge in [-0.3, -0.25) is 0 Å². The van der Waals surface area contributed by atoms with Gasteiger partial charge in [0.15, 0.2) is 5.82 Å². The Morgan fingerprint density at radius 1 is 1.39 bits per heavy atom. The smallest absolute Gasteiger partial charge is 0.158 e. The maximum atomic E-state index is 5.89. The second kappa shape index (κ2) is 8.24. The highest BCUT2D eigenvalue weighted by Crippen LogP contribution is 2.11. The first-order chi connectivity index (χ1) is 8.61. The summed E-state index contributed by atoms with van der Waals surface area (Å²) >= 11 is 5.89. The largest absolute Gasteiger partial charge is 0.379 e. The molecule has 0 aliphatic heterocycles. The van der Waals surface area contributed by atoms with Crippen molar-refractivity contribution < 1.29 is 9.47 Å². The fourth-order valence-corrected chi connectivity index (χ4v) is 1.52. The van der Waals surface area contributed by atoms with Crippen molar-refractivity contribution in [2.75, 3.05) is 32.2 Å². The molecule has 5 nitrogen and oxygen atoms in total. The van der Waals surface area contributed by atoms with Crippen LogP contribution in [0.4, 0.5) is 5.82 Å². The fourth-order valence-electron chi connectivity index (χ4n) is 1.32. The summed E-state index contributed by atoms with van der Waals surface area (Å²) in [6, 6.07) is 1.68. The summed E-state index contributed by atoms with van der Waals surface area (Å²) in [5.41, 5.74) is 0. The fraction of sp³-hybridized carbons (Fsp3) is 0.667. The van der Waals surface area contributed by atoms with E-state index in [2.05, 4.69) is 29.1 Å². The summed E-state index contributed by atoms with van der Waals surface area (Å²) in [6.45, 7) is 6.68. The molecule has 1 heterocycles. The Hall–Kier alpha value is -0.910. The summed E-state index contributed by atoms with van der Waals surface area (Å²) in [4.78, 5) is 8.32. The van der Waals surface area contributed by atoms with Crippen LogP contribution in [-0.4, -0.2) is 36.8 Å². The molecule has 0 aromatic carbocycles. The molecule has 0 aliphatic carbocycles. The van der Waals surface area contributed by atoms with E-state index in [9.17, 15) is 0 Å². The number of halogens is 1. The van der Waals surface area contributed by atoms with E-state index >= 15 is 0 Å². The van der Waals surface area contributed by atoms with E-state index in [-0.39, 0.29) is 0 Å². The molecule has 0 spiro atoms. The molecule has 102 valence electrons. The molecular weight excluding hydrogens is 254 g/mol. The van der Waals surface area contributed by atoms with Crippen LogP contribution in [0, 0.1) is 5.92 Å². The third kappa shape index (κ3) is 6.14. The van der Waals surface area contributed by atoms with Crippen LogP contribution in [0.5, 0.6) is 0 Å². The van der Waals surface area contributed by atoms with Crippen molar-refractivity contribution in [3.05, 3.63) is 17.0 Å². The van der Waals surface area contributed by atoms with E-state index in [0.29, 0.717) is 42.5 Å². The van der Waals surface area contributed by atoms with Crippen LogP contribution in [0.25, 0.3) is 0 Å². The minimum absolute atomic E-state index is 0.346. The standard InChI is InChI=1S/C12H20ClN3O2/c1-9(2)7-18-5-4-14-11-6-10(13)15-12(16-11)8-17-3/h6,9H,4-5,7-8H2,1-3H3,(H,14,15,16). The van der Waals surface area contributed by atoms with Gasteiger partial charge in [0.2, 0.25) is 0 Å². The van der Waals surface area contributed by atoms with E-state index in [0.717, 1.165) is 6.61 Å². The number of aromatic nitrogens is 2. The lowest BCUT2D eigenvalue weighted by molar-refractivity contribution is 0.118. The summed E-state index contributed by atoms with van der Waals surface area (Å²) < 4.78 is 10.4. The predicted octanol–water partition coefficient (Wildman–Crippen LogP) is 2.36. The minimum Gasteiger partial charge on any atom is -0.379 e. The van der Waals surface area contributed by atoms with Crippen molar-refractivity contribution in [3.8, 4) is 0 Å². The van der Waals surface area contributed by atoms with E-state index in [1.165, 1.54) is 0 Å². The van der Waals surface area contributed by atoms with Gasteiger partial charge in [0.25, 0.3) is 0 Å². The molecule has 1 aromatic rings. The van der Waals surface area contributed by atoms with Crippen LogP contribution in [0.15, 0.2) is 6.07 Å². The Kier molecular flexibility index (Phi) is 6.93. The molecule has 0 aliphatic rings. The average Bonchev–Trinajstić information content (AvgIpc) is 2.28. The number of methoxy groups -OCH3 is 1. The van der Waals surface area contributed by atoms with Crippen LogP contribution in [0.3, 0.4) is 0 Å². The minimum atomic E-state index is 0.346. The SMILES string of the molecule is COCc1nc(Cl)cc(NCCOCC(C)C)n1. The lowest BCUT2D eigenvalue weighted by atomic mass is 10.2. The van der Waals surface area contributed by atoms with E-state index in [4.69, 9.17) is 21.1 Å². The third-order valence-corrected chi connectivity index (χ3v) is 2.21. The van der Waals surface area contributed by atoms with Crippen molar-refractivity contribution in [2.24, 2.45) is 5.92 Å². The number of anilines is 1.